The molecule has 18 heavy (non-hydrogen) atoms. The number of sulfone groups is 1. The van der Waals surface area contributed by atoms with E-state index in [1.807, 2.05) is 0 Å². The minimum atomic E-state index is -2.90. The topological polar surface area (TPSA) is 76.1 Å². The Labute approximate surface area is 110 Å². The predicted octanol–water partition coefficient (Wildman–Crippen LogP) is 0.899. The highest BCUT2D eigenvalue weighted by Gasteiger charge is 2.28. The Balaban J connectivity index is 1.90. The molecule has 1 N–H and O–H groups in total. The van der Waals surface area contributed by atoms with Crippen LogP contribution in [0.25, 0.3) is 0 Å². The van der Waals surface area contributed by atoms with Crippen LogP contribution in [-0.4, -0.2) is 37.4 Å². The fraction of sp³-hybridized carbons (Fsp3) is 0.455. The summed E-state index contributed by atoms with van der Waals surface area (Å²) in [7, 11) is -2.90. The molecule has 1 aliphatic rings. The van der Waals surface area contributed by atoms with Gasteiger partial charge in [0.15, 0.2) is 9.84 Å². The molecule has 0 spiro atoms. The summed E-state index contributed by atoms with van der Waals surface area (Å²) in [6.45, 7) is 0.353. The summed E-state index contributed by atoms with van der Waals surface area (Å²) in [5.74, 6) is 0.0269. The molecular formula is C11H13ClN2O3S. The van der Waals surface area contributed by atoms with Crippen LogP contribution in [0.4, 0.5) is 0 Å². The highest BCUT2D eigenvalue weighted by atomic mass is 35.5. The summed E-state index contributed by atoms with van der Waals surface area (Å²) in [5.41, 5.74) is 0.239. The zero-order valence-corrected chi connectivity index (χ0v) is 11.2. The van der Waals surface area contributed by atoms with Crippen LogP contribution in [0.1, 0.15) is 16.9 Å². The number of amides is 1. The van der Waals surface area contributed by atoms with Gasteiger partial charge in [0.25, 0.3) is 5.91 Å². The first-order valence-electron chi connectivity index (χ1n) is 5.57. The van der Waals surface area contributed by atoms with Crippen molar-refractivity contribution in [1.29, 1.82) is 0 Å². The standard InChI is InChI=1S/C11H13ClN2O3S/c12-10-3-1-2-9(14-10)11(15)13-6-8-4-5-18(16,17)7-8/h1-3,8H,4-7H2,(H,13,15). The molecule has 1 aromatic rings. The molecule has 1 unspecified atom stereocenters. The number of halogens is 1. The summed E-state index contributed by atoms with van der Waals surface area (Å²) in [6.07, 6.45) is 0.603. The molecule has 98 valence electrons. The quantitative estimate of drug-likeness (QED) is 0.839. The summed E-state index contributed by atoms with van der Waals surface area (Å²) in [6, 6.07) is 4.79. The van der Waals surface area contributed by atoms with Crippen molar-refractivity contribution in [2.45, 2.75) is 6.42 Å². The Kier molecular flexibility index (Phi) is 3.87. The number of nitrogens with one attached hydrogen (secondary N) is 1. The maximum absolute atomic E-state index is 11.7. The number of hydrogen-bond acceptors (Lipinski definition) is 4. The number of rotatable bonds is 3. The molecule has 0 radical (unpaired) electrons. The van der Waals surface area contributed by atoms with Gasteiger partial charge in [-0.1, -0.05) is 17.7 Å². The van der Waals surface area contributed by atoms with Crippen molar-refractivity contribution < 1.29 is 13.2 Å². The molecule has 1 aromatic heterocycles. The van der Waals surface area contributed by atoms with E-state index < -0.39 is 9.84 Å². The summed E-state index contributed by atoms with van der Waals surface area (Å²) < 4.78 is 22.5. The van der Waals surface area contributed by atoms with Gasteiger partial charge in [0.1, 0.15) is 10.8 Å². The molecule has 2 rings (SSSR count). The van der Waals surface area contributed by atoms with Crippen molar-refractivity contribution in [2.75, 3.05) is 18.1 Å². The zero-order chi connectivity index (χ0) is 13.2. The minimum absolute atomic E-state index is 0.00173. The molecule has 1 aliphatic heterocycles. The molecule has 5 nitrogen and oxygen atoms in total. The number of aromatic nitrogens is 1. The van der Waals surface area contributed by atoms with Crippen LogP contribution in [0.15, 0.2) is 18.2 Å². The van der Waals surface area contributed by atoms with Gasteiger partial charge in [0.2, 0.25) is 0 Å². The van der Waals surface area contributed by atoms with Gasteiger partial charge in [0.05, 0.1) is 11.5 Å². The molecule has 7 heteroatoms. The van der Waals surface area contributed by atoms with E-state index in [9.17, 15) is 13.2 Å². The van der Waals surface area contributed by atoms with Crippen LogP contribution in [0.3, 0.4) is 0 Å². The number of carbonyl (C=O) groups is 1. The van der Waals surface area contributed by atoms with Crippen molar-refractivity contribution in [2.24, 2.45) is 5.92 Å². The van der Waals surface area contributed by atoms with E-state index >= 15 is 0 Å². The summed E-state index contributed by atoms with van der Waals surface area (Å²) in [5, 5.41) is 2.94. The Morgan fingerprint density at radius 2 is 2.28 bits per heavy atom. The van der Waals surface area contributed by atoms with Gasteiger partial charge in [-0.2, -0.15) is 0 Å². The van der Waals surface area contributed by atoms with E-state index in [1.165, 1.54) is 0 Å². The third-order valence-electron chi connectivity index (χ3n) is 2.83. The lowest BCUT2D eigenvalue weighted by atomic mass is 10.1. The lowest BCUT2D eigenvalue weighted by Crippen LogP contribution is -2.30. The molecule has 2 heterocycles. The van der Waals surface area contributed by atoms with Crippen molar-refractivity contribution in [3.05, 3.63) is 29.0 Å². The maximum Gasteiger partial charge on any atom is 0.269 e. The normalized spacial score (nSPS) is 21.7. The predicted molar refractivity (Wildman–Crippen MR) is 68.3 cm³/mol. The van der Waals surface area contributed by atoms with Crippen LogP contribution in [0, 0.1) is 5.92 Å². The first-order valence-corrected chi connectivity index (χ1v) is 7.77. The number of nitrogens with zero attached hydrogens (tertiary/aromatic N) is 1. The Morgan fingerprint density at radius 1 is 1.50 bits per heavy atom. The molecule has 0 saturated carbocycles. The molecule has 1 fully saturated rings. The van der Waals surface area contributed by atoms with Crippen LogP contribution in [-0.2, 0) is 9.84 Å². The van der Waals surface area contributed by atoms with Crippen molar-refractivity contribution in [3.63, 3.8) is 0 Å². The lowest BCUT2D eigenvalue weighted by molar-refractivity contribution is 0.0943. The van der Waals surface area contributed by atoms with E-state index in [-0.39, 0.29) is 34.2 Å². The van der Waals surface area contributed by atoms with Gasteiger partial charge in [-0.25, -0.2) is 13.4 Å². The van der Waals surface area contributed by atoms with Crippen molar-refractivity contribution >= 4 is 27.3 Å². The molecule has 0 bridgehead atoms. The Hall–Kier alpha value is -1.14. The number of carbonyl (C=O) groups excluding carboxylic acids is 1. The van der Waals surface area contributed by atoms with Gasteiger partial charge < -0.3 is 5.32 Å². The molecule has 0 aromatic carbocycles. The second-order valence-corrected chi connectivity index (χ2v) is 6.94. The first kappa shape index (κ1) is 13.3. The van der Waals surface area contributed by atoms with E-state index in [0.717, 1.165) is 0 Å². The van der Waals surface area contributed by atoms with Gasteiger partial charge >= 0.3 is 0 Å². The lowest BCUT2D eigenvalue weighted by Gasteiger charge is -2.09. The minimum Gasteiger partial charge on any atom is -0.350 e. The third kappa shape index (κ3) is 3.43. The van der Waals surface area contributed by atoms with Gasteiger partial charge in [-0.05, 0) is 24.5 Å². The zero-order valence-electron chi connectivity index (χ0n) is 9.60. The fourth-order valence-corrected chi connectivity index (χ4v) is 3.92. The van der Waals surface area contributed by atoms with E-state index in [1.54, 1.807) is 18.2 Å². The molecular weight excluding hydrogens is 276 g/mol. The Bertz CT molecular complexity index is 559. The highest BCUT2D eigenvalue weighted by molar-refractivity contribution is 7.91. The fourth-order valence-electron chi connectivity index (χ4n) is 1.90. The van der Waals surface area contributed by atoms with E-state index in [2.05, 4.69) is 10.3 Å². The van der Waals surface area contributed by atoms with Gasteiger partial charge in [0, 0.05) is 6.54 Å². The van der Waals surface area contributed by atoms with Crippen LogP contribution >= 0.6 is 11.6 Å². The van der Waals surface area contributed by atoms with Crippen molar-refractivity contribution in [1.82, 2.24) is 10.3 Å². The number of hydrogen-bond donors (Lipinski definition) is 1. The first-order chi connectivity index (χ1) is 8.46. The molecule has 1 atom stereocenters. The average molecular weight is 289 g/mol. The summed E-state index contributed by atoms with van der Waals surface area (Å²) >= 11 is 5.68. The highest BCUT2D eigenvalue weighted by Crippen LogP contribution is 2.17. The Morgan fingerprint density at radius 3 is 2.89 bits per heavy atom. The monoisotopic (exact) mass is 288 g/mol. The SMILES string of the molecule is O=C(NCC1CCS(=O)(=O)C1)c1cccc(Cl)n1. The average Bonchev–Trinajstić information content (AvgIpc) is 2.66. The second kappa shape index (κ2) is 5.24. The van der Waals surface area contributed by atoms with Crippen LogP contribution < -0.4 is 5.32 Å². The molecule has 1 amide bonds. The van der Waals surface area contributed by atoms with Crippen LogP contribution in [0.5, 0.6) is 0 Å². The maximum atomic E-state index is 11.7. The third-order valence-corrected chi connectivity index (χ3v) is 4.87. The van der Waals surface area contributed by atoms with E-state index in [0.29, 0.717) is 13.0 Å². The second-order valence-electron chi connectivity index (χ2n) is 4.32. The molecule has 0 aliphatic carbocycles. The van der Waals surface area contributed by atoms with Gasteiger partial charge in [-0.3, -0.25) is 4.79 Å². The largest absolute Gasteiger partial charge is 0.350 e. The van der Waals surface area contributed by atoms with Crippen LogP contribution in [0.2, 0.25) is 5.15 Å². The number of pyridine rings is 1. The summed E-state index contributed by atoms with van der Waals surface area (Å²) in [4.78, 5) is 15.6. The van der Waals surface area contributed by atoms with Crippen molar-refractivity contribution in [3.8, 4) is 0 Å². The smallest absolute Gasteiger partial charge is 0.269 e. The van der Waals surface area contributed by atoms with E-state index in [4.69, 9.17) is 11.6 Å². The molecule has 1 saturated heterocycles. The van der Waals surface area contributed by atoms with Gasteiger partial charge in [-0.15, -0.1) is 0 Å².